The highest BCUT2D eigenvalue weighted by molar-refractivity contribution is 5.69. The SMILES string of the molecule is Cc1nc(N2C[C@H](NC(=O)OC(C)(C)C)[C@@H](c3cc(F)ccc3F)C2)ccc1OCC1CCN(c2nc(C(C)C)no2)CC1. The lowest BCUT2D eigenvalue weighted by molar-refractivity contribution is 0.0504. The first-order valence-corrected chi connectivity index (χ1v) is 15.2. The lowest BCUT2D eigenvalue weighted by atomic mass is 9.94. The van der Waals surface area contributed by atoms with Crippen molar-refractivity contribution < 1.29 is 27.6 Å². The molecule has 3 aromatic rings. The molecule has 0 unspecified atom stereocenters. The second-order valence-corrected chi connectivity index (χ2v) is 13.0. The van der Waals surface area contributed by atoms with Crippen LogP contribution in [0.4, 0.5) is 25.4 Å². The highest BCUT2D eigenvalue weighted by atomic mass is 19.1. The van der Waals surface area contributed by atoms with E-state index in [-0.39, 0.29) is 11.5 Å². The number of hydrogen-bond donors (Lipinski definition) is 1. The maximum absolute atomic E-state index is 14.9. The van der Waals surface area contributed by atoms with Gasteiger partial charge in [0.05, 0.1) is 18.3 Å². The van der Waals surface area contributed by atoms with Crippen molar-refractivity contribution in [3.05, 3.63) is 59.0 Å². The Morgan fingerprint density at radius 1 is 1.09 bits per heavy atom. The minimum Gasteiger partial charge on any atom is -0.491 e. The fourth-order valence-electron chi connectivity index (χ4n) is 5.66. The van der Waals surface area contributed by atoms with Crippen LogP contribution < -0.4 is 19.9 Å². The number of amides is 1. The highest BCUT2D eigenvalue weighted by Crippen LogP contribution is 2.34. The molecule has 0 radical (unpaired) electrons. The number of anilines is 2. The number of carbonyl (C=O) groups is 1. The van der Waals surface area contributed by atoms with E-state index in [0.29, 0.717) is 43.2 Å². The van der Waals surface area contributed by atoms with Gasteiger partial charge in [0.25, 0.3) is 0 Å². The zero-order chi connectivity index (χ0) is 31.6. The summed E-state index contributed by atoms with van der Waals surface area (Å²) in [7, 11) is 0. The van der Waals surface area contributed by atoms with E-state index in [0.717, 1.165) is 49.6 Å². The Morgan fingerprint density at radius 2 is 1.84 bits per heavy atom. The maximum Gasteiger partial charge on any atom is 0.407 e. The fourth-order valence-corrected chi connectivity index (χ4v) is 5.66. The van der Waals surface area contributed by atoms with Gasteiger partial charge in [0, 0.05) is 38.0 Å². The number of carbonyl (C=O) groups excluding carboxylic acids is 1. The van der Waals surface area contributed by atoms with Crippen molar-refractivity contribution in [2.24, 2.45) is 5.92 Å². The summed E-state index contributed by atoms with van der Waals surface area (Å²) in [6.45, 7) is 14.2. The third kappa shape index (κ3) is 7.57. The first kappa shape index (κ1) is 31.5. The molecule has 5 rings (SSSR count). The monoisotopic (exact) mass is 612 g/mol. The van der Waals surface area contributed by atoms with Gasteiger partial charge < -0.3 is 29.1 Å². The smallest absolute Gasteiger partial charge is 0.407 e. The van der Waals surface area contributed by atoms with Crippen LogP contribution in [0.5, 0.6) is 5.75 Å². The number of benzene rings is 1. The van der Waals surface area contributed by atoms with E-state index in [2.05, 4.69) is 20.4 Å². The Morgan fingerprint density at radius 3 is 2.50 bits per heavy atom. The molecule has 1 N–H and O–H groups in total. The number of rotatable bonds is 8. The van der Waals surface area contributed by atoms with E-state index >= 15 is 0 Å². The number of piperidine rings is 1. The van der Waals surface area contributed by atoms with Crippen molar-refractivity contribution in [2.45, 2.75) is 77.9 Å². The average Bonchev–Trinajstić information content (AvgIpc) is 3.61. The van der Waals surface area contributed by atoms with Gasteiger partial charge >= 0.3 is 12.1 Å². The number of nitrogens with one attached hydrogen (secondary N) is 1. The van der Waals surface area contributed by atoms with Gasteiger partial charge in [-0.25, -0.2) is 18.6 Å². The molecule has 12 heteroatoms. The molecule has 1 amide bonds. The number of ether oxygens (including phenoxy) is 2. The average molecular weight is 613 g/mol. The molecule has 2 aliphatic heterocycles. The van der Waals surface area contributed by atoms with Crippen molar-refractivity contribution in [2.75, 3.05) is 42.6 Å². The lowest BCUT2D eigenvalue weighted by Gasteiger charge is -2.30. The maximum atomic E-state index is 14.9. The summed E-state index contributed by atoms with van der Waals surface area (Å²) in [4.78, 5) is 26.0. The van der Waals surface area contributed by atoms with E-state index < -0.39 is 35.3 Å². The van der Waals surface area contributed by atoms with Crippen molar-refractivity contribution in [1.29, 1.82) is 0 Å². The molecular formula is C32H42F2N6O4. The van der Waals surface area contributed by atoms with E-state index in [1.807, 2.05) is 37.8 Å². The molecule has 2 aromatic heterocycles. The first-order valence-electron chi connectivity index (χ1n) is 15.2. The van der Waals surface area contributed by atoms with E-state index in [9.17, 15) is 13.6 Å². The normalized spacial score (nSPS) is 19.5. The second-order valence-electron chi connectivity index (χ2n) is 13.0. The van der Waals surface area contributed by atoms with Crippen molar-refractivity contribution >= 4 is 17.9 Å². The third-order valence-electron chi connectivity index (χ3n) is 8.03. The summed E-state index contributed by atoms with van der Waals surface area (Å²) in [5.41, 5.74) is 0.235. The summed E-state index contributed by atoms with van der Waals surface area (Å²) >= 11 is 0. The van der Waals surface area contributed by atoms with Crippen LogP contribution in [0.2, 0.25) is 0 Å². The molecule has 0 spiro atoms. The molecule has 2 aliphatic rings. The van der Waals surface area contributed by atoms with Crippen LogP contribution in [-0.4, -0.2) is 65.6 Å². The molecule has 2 saturated heterocycles. The molecule has 44 heavy (non-hydrogen) atoms. The first-order chi connectivity index (χ1) is 20.9. The predicted octanol–water partition coefficient (Wildman–Crippen LogP) is 5.97. The number of alkyl carbamates (subject to hydrolysis) is 1. The van der Waals surface area contributed by atoms with E-state index in [1.165, 1.54) is 6.07 Å². The summed E-state index contributed by atoms with van der Waals surface area (Å²) in [6.07, 6.45) is 1.28. The molecule has 0 aliphatic carbocycles. The molecule has 2 fully saturated rings. The van der Waals surface area contributed by atoms with Crippen LogP contribution in [0.1, 0.15) is 76.4 Å². The molecule has 238 valence electrons. The molecule has 0 saturated carbocycles. The van der Waals surface area contributed by atoms with Crippen LogP contribution >= 0.6 is 0 Å². The Kier molecular flexibility index (Phi) is 9.26. The van der Waals surface area contributed by atoms with Gasteiger partial charge in [0.15, 0.2) is 5.82 Å². The van der Waals surface area contributed by atoms with Gasteiger partial charge in [-0.05, 0) is 82.3 Å². The summed E-state index contributed by atoms with van der Waals surface area (Å²) < 4.78 is 46.1. The topological polar surface area (TPSA) is 106 Å². The van der Waals surface area contributed by atoms with Gasteiger partial charge in [0.2, 0.25) is 0 Å². The third-order valence-corrected chi connectivity index (χ3v) is 8.03. The minimum atomic E-state index is -0.695. The number of nitrogens with zero attached hydrogens (tertiary/aromatic N) is 5. The van der Waals surface area contributed by atoms with Crippen LogP contribution in [0.3, 0.4) is 0 Å². The number of hydrogen-bond acceptors (Lipinski definition) is 9. The van der Waals surface area contributed by atoms with Crippen LogP contribution in [0.25, 0.3) is 0 Å². The Labute approximate surface area is 257 Å². The van der Waals surface area contributed by atoms with Gasteiger partial charge in [-0.1, -0.05) is 19.0 Å². The largest absolute Gasteiger partial charge is 0.491 e. The quantitative estimate of drug-likeness (QED) is 0.330. The summed E-state index contributed by atoms with van der Waals surface area (Å²) in [5, 5.41) is 6.94. The summed E-state index contributed by atoms with van der Waals surface area (Å²) in [5.74, 6) is 1.13. The van der Waals surface area contributed by atoms with Crippen molar-refractivity contribution in [3.8, 4) is 5.75 Å². The van der Waals surface area contributed by atoms with Crippen LogP contribution in [-0.2, 0) is 4.74 Å². The highest BCUT2D eigenvalue weighted by Gasteiger charge is 2.38. The molecular weight excluding hydrogens is 570 g/mol. The van der Waals surface area contributed by atoms with Gasteiger partial charge in [0.1, 0.15) is 28.8 Å². The number of aromatic nitrogens is 3. The Balaban J connectivity index is 1.21. The van der Waals surface area contributed by atoms with Gasteiger partial charge in [-0.15, -0.1) is 0 Å². The second kappa shape index (κ2) is 13.0. The van der Waals surface area contributed by atoms with Crippen molar-refractivity contribution in [1.82, 2.24) is 20.4 Å². The van der Waals surface area contributed by atoms with Crippen LogP contribution in [0.15, 0.2) is 34.9 Å². The van der Waals surface area contributed by atoms with E-state index in [1.54, 1.807) is 20.8 Å². The van der Waals surface area contributed by atoms with Gasteiger partial charge in [-0.2, -0.15) is 4.98 Å². The Bertz CT molecular complexity index is 1450. The zero-order valence-electron chi connectivity index (χ0n) is 26.3. The minimum absolute atomic E-state index is 0.204. The van der Waals surface area contributed by atoms with Gasteiger partial charge in [-0.3, -0.25) is 0 Å². The zero-order valence-corrected chi connectivity index (χ0v) is 26.3. The number of aryl methyl sites for hydroxylation is 1. The standard InChI is InChI=1S/C32H42F2N6O4/c1-19(2)29-37-30(44-38-29)39-13-11-21(12-14-39)18-42-27-9-10-28(35-20(27)3)40-16-24(23-15-22(33)7-8-25(23)34)26(17-40)36-31(41)43-32(4,5)6/h7-10,15,19,21,24,26H,11-14,16-18H2,1-6H3,(H,36,41)/t24-,26+/m1/s1. The molecule has 10 nitrogen and oxygen atoms in total. The molecule has 0 bridgehead atoms. The molecule has 2 atom stereocenters. The number of pyridine rings is 1. The molecule has 1 aromatic carbocycles. The summed E-state index contributed by atoms with van der Waals surface area (Å²) in [6, 6.07) is 7.21. The van der Waals surface area contributed by atoms with E-state index in [4.69, 9.17) is 19.0 Å². The number of halogens is 2. The fraction of sp³-hybridized carbons (Fsp3) is 0.562. The lowest BCUT2D eigenvalue weighted by Crippen LogP contribution is -2.43. The van der Waals surface area contributed by atoms with Crippen molar-refractivity contribution in [3.63, 3.8) is 0 Å². The van der Waals surface area contributed by atoms with Crippen LogP contribution in [0, 0.1) is 24.5 Å². The molecule has 4 heterocycles. The predicted molar refractivity (Wildman–Crippen MR) is 162 cm³/mol. The Hall–Kier alpha value is -3.96.